The van der Waals surface area contributed by atoms with Crippen molar-refractivity contribution >= 4 is 21.9 Å². The number of carboxylic acids is 1. The smallest absolute Gasteiger partial charge is 0.314 e. The summed E-state index contributed by atoms with van der Waals surface area (Å²) in [4.78, 5) is 10.8. The van der Waals surface area contributed by atoms with E-state index < -0.39 is 11.9 Å². The Kier molecular flexibility index (Phi) is 2.00. The van der Waals surface area contributed by atoms with Crippen LogP contribution in [0.4, 0.5) is 0 Å². The SMILES string of the molecule is O=C(O)C1COc2c(Br)cccc21. The van der Waals surface area contributed by atoms with Crippen LogP contribution in [0.5, 0.6) is 5.75 Å². The summed E-state index contributed by atoms with van der Waals surface area (Å²) >= 11 is 3.31. The zero-order valence-corrected chi connectivity index (χ0v) is 8.24. The molecule has 0 saturated carbocycles. The Balaban J connectivity index is 2.49. The highest BCUT2D eigenvalue weighted by Gasteiger charge is 2.31. The van der Waals surface area contributed by atoms with Gasteiger partial charge < -0.3 is 9.84 Å². The van der Waals surface area contributed by atoms with Gasteiger partial charge >= 0.3 is 5.97 Å². The highest BCUT2D eigenvalue weighted by Crippen LogP contribution is 2.39. The van der Waals surface area contributed by atoms with Gasteiger partial charge in [0.25, 0.3) is 0 Å². The van der Waals surface area contributed by atoms with Gasteiger partial charge in [0, 0.05) is 5.56 Å². The molecule has 0 saturated heterocycles. The molecular weight excluding hydrogens is 236 g/mol. The number of hydrogen-bond acceptors (Lipinski definition) is 2. The van der Waals surface area contributed by atoms with Crippen molar-refractivity contribution in [2.75, 3.05) is 6.61 Å². The van der Waals surface area contributed by atoms with Gasteiger partial charge in [-0.2, -0.15) is 0 Å². The molecule has 1 aromatic rings. The number of para-hydroxylation sites is 1. The van der Waals surface area contributed by atoms with Crippen LogP contribution in [0.1, 0.15) is 11.5 Å². The van der Waals surface area contributed by atoms with E-state index in [1.54, 1.807) is 6.07 Å². The Hall–Kier alpha value is -1.03. The fraction of sp³-hybridized carbons (Fsp3) is 0.222. The third-order valence-corrected chi connectivity index (χ3v) is 2.69. The van der Waals surface area contributed by atoms with E-state index >= 15 is 0 Å². The number of ether oxygens (including phenoxy) is 1. The number of rotatable bonds is 1. The molecule has 68 valence electrons. The van der Waals surface area contributed by atoms with Gasteiger partial charge in [-0.25, -0.2) is 0 Å². The molecule has 1 aromatic carbocycles. The molecule has 0 radical (unpaired) electrons. The summed E-state index contributed by atoms with van der Waals surface area (Å²) in [5.41, 5.74) is 0.752. The molecule has 13 heavy (non-hydrogen) atoms. The van der Waals surface area contributed by atoms with E-state index in [1.165, 1.54) is 0 Å². The Morgan fingerprint density at radius 2 is 2.38 bits per heavy atom. The molecule has 4 heteroatoms. The molecule has 0 fully saturated rings. The Morgan fingerprint density at radius 1 is 1.62 bits per heavy atom. The molecule has 0 aliphatic carbocycles. The zero-order chi connectivity index (χ0) is 9.42. The second kappa shape index (κ2) is 3.03. The molecule has 0 bridgehead atoms. The number of halogens is 1. The van der Waals surface area contributed by atoms with E-state index in [-0.39, 0.29) is 6.61 Å². The van der Waals surface area contributed by atoms with Crippen LogP contribution in [-0.2, 0) is 4.79 Å². The molecule has 0 aromatic heterocycles. The van der Waals surface area contributed by atoms with Gasteiger partial charge in [-0.05, 0) is 22.0 Å². The number of carboxylic acid groups (broad SMARTS) is 1. The number of benzene rings is 1. The predicted molar refractivity (Wildman–Crippen MR) is 50.0 cm³/mol. The minimum atomic E-state index is -0.836. The van der Waals surface area contributed by atoms with Gasteiger partial charge in [-0.3, -0.25) is 4.79 Å². The third kappa shape index (κ3) is 1.31. The summed E-state index contributed by atoms with van der Waals surface area (Å²) in [5.74, 6) is -0.695. The lowest BCUT2D eigenvalue weighted by Crippen LogP contribution is -2.12. The van der Waals surface area contributed by atoms with Crippen molar-refractivity contribution in [1.82, 2.24) is 0 Å². The fourth-order valence-electron chi connectivity index (χ4n) is 1.41. The lowest BCUT2D eigenvalue weighted by Gasteiger charge is -2.01. The van der Waals surface area contributed by atoms with Gasteiger partial charge in [0.1, 0.15) is 18.3 Å². The average molecular weight is 243 g/mol. The highest BCUT2D eigenvalue weighted by molar-refractivity contribution is 9.10. The first-order chi connectivity index (χ1) is 6.20. The van der Waals surface area contributed by atoms with Crippen molar-refractivity contribution in [3.05, 3.63) is 28.2 Å². The number of fused-ring (bicyclic) bond motifs is 1. The van der Waals surface area contributed by atoms with Crippen LogP contribution in [0.25, 0.3) is 0 Å². The molecule has 1 unspecified atom stereocenters. The zero-order valence-electron chi connectivity index (χ0n) is 6.66. The minimum absolute atomic E-state index is 0.229. The van der Waals surface area contributed by atoms with E-state index in [0.29, 0.717) is 5.75 Å². The second-order valence-corrected chi connectivity index (χ2v) is 3.71. The summed E-state index contributed by atoms with van der Waals surface area (Å²) in [6.07, 6.45) is 0. The van der Waals surface area contributed by atoms with E-state index in [9.17, 15) is 4.79 Å². The van der Waals surface area contributed by atoms with Crippen molar-refractivity contribution in [3.8, 4) is 5.75 Å². The summed E-state index contributed by atoms with van der Waals surface area (Å²) < 4.78 is 6.09. The average Bonchev–Trinajstić information content (AvgIpc) is 2.48. The predicted octanol–water partition coefficient (Wildman–Crippen LogP) is 2.01. The summed E-state index contributed by atoms with van der Waals surface area (Å²) in [7, 11) is 0. The molecular formula is C9H7BrO3. The third-order valence-electron chi connectivity index (χ3n) is 2.07. The first kappa shape index (κ1) is 8.56. The first-order valence-electron chi connectivity index (χ1n) is 3.84. The largest absolute Gasteiger partial charge is 0.491 e. The minimum Gasteiger partial charge on any atom is -0.491 e. The summed E-state index contributed by atoms with van der Waals surface area (Å²) in [6, 6.07) is 5.43. The summed E-state index contributed by atoms with van der Waals surface area (Å²) in [5, 5.41) is 8.86. The molecule has 0 spiro atoms. The molecule has 1 heterocycles. The Morgan fingerprint density at radius 3 is 3.08 bits per heavy atom. The van der Waals surface area contributed by atoms with Gasteiger partial charge in [-0.15, -0.1) is 0 Å². The number of hydrogen-bond donors (Lipinski definition) is 1. The van der Waals surface area contributed by atoms with E-state index in [0.717, 1.165) is 10.0 Å². The van der Waals surface area contributed by atoms with Gasteiger partial charge in [0.2, 0.25) is 0 Å². The van der Waals surface area contributed by atoms with Crippen molar-refractivity contribution in [1.29, 1.82) is 0 Å². The monoisotopic (exact) mass is 242 g/mol. The molecule has 1 atom stereocenters. The standard InChI is InChI=1S/C9H7BrO3/c10-7-3-1-2-5-6(9(11)12)4-13-8(5)7/h1-3,6H,4H2,(H,11,12). The van der Waals surface area contributed by atoms with Crippen molar-refractivity contribution in [3.63, 3.8) is 0 Å². The maximum Gasteiger partial charge on any atom is 0.314 e. The topological polar surface area (TPSA) is 46.5 Å². The molecule has 1 aliphatic rings. The van der Waals surface area contributed by atoms with Crippen molar-refractivity contribution in [2.24, 2.45) is 0 Å². The van der Waals surface area contributed by atoms with E-state index in [2.05, 4.69) is 15.9 Å². The quantitative estimate of drug-likeness (QED) is 0.820. The van der Waals surface area contributed by atoms with E-state index in [1.807, 2.05) is 12.1 Å². The van der Waals surface area contributed by atoms with Crippen LogP contribution in [0.15, 0.2) is 22.7 Å². The summed E-state index contributed by atoms with van der Waals surface area (Å²) in [6.45, 7) is 0.229. The first-order valence-corrected chi connectivity index (χ1v) is 4.63. The lowest BCUT2D eigenvalue weighted by molar-refractivity contribution is -0.138. The molecule has 2 rings (SSSR count). The van der Waals surface area contributed by atoms with Crippen LogP contribution in [0, 0.1) is 0 Å². The molecule has 1 N–H and O–H groups in total. The van der Waals surface area contributed by atoms with Gasteiger partial charge in [0.15, 0.2) is 0 Å². The normalized spacial score (nSPS) is 19.3. The maximum absolute atomic E-state index is 10.8. The second-order valence-electron chi connectivity index (χ2n) is 2.86. The van der Waals surface area contributed by atoms with Gasteiger partial charge in [0.05, 0.1) is 4.47 Å². The van der Waals surface area contributed by atoms with Crippen molar-refractivity contribution in [2.45, 2.75) is 5.92 Å². The lowest BCUT2D eigenvalue weighted by atomic mass is 10.0. The van der Waals surface area contributed by atoms with Gasteiger partial charge in [-0.1, -0.05) is 12.1 Å². The van der Waals surface area contributed by atoms with Crippen LogP contribution in [0.2, 0.25) is 0 Å². The molecule has 3 nitrogen and oxygen atoms in total. The Labute approximate surface area is 83.5 Å². The molecule has 0 amide bonds. The van der Waals surface area contributed by atoms with Crippen molar-refractivity contribution < 1.29 is 14.6 Å². The molecule has 1 aliphatic heterocycles. The maximum atomic E-state index is 10.8. The van der Waals surface area contributed by atoms with Crippen LogP contribution >= 0.6 is 15.9 Å². The van der Waals surface area contributed by atoms with Crippen LogP contribution in [-0.4, -0.2) is 17.7 Å². The Bertz CT molecular complexity index is 362. The van der Waals surface area contributed by atoms with Crippen LogP contribution in [0.3, 0.4) is 0 Å². The number of aliphatic carboxylic acids is 1. The van der Waals surface area contributed by atoms with Crippen LogP contribution < -0.4 is 4.74 Å². The van der Waals surface area contributed by atoms with E-state index in [4.69, 9.17) is 9.84 Å². The highest BCUT2D eigenvalue weighted by atomic mass is 79.9. The number of carbonyl (C=O) groups is 1. The fourth-order valence-corrected chi connectivity index (χ4v) is 1.91.